The number of carbonyl (C=O) groups excluding carboxylic acids is 2. The van der Waals surface area contributed by atoms with Crippen molar-refractivity contribution in [1.82, 2.24) is 5.32 Å². The molecule has 0 aromatic rings. The predicted molar refractivity (Wildman–Crippen MR) is 91.4 cm³/mol. The summed E-state index contributed by atoms with van der Waals surface area (Å²) in [6.45, 7) is 2.25. The second-order valence-corrected chi connectivity index (χ2v) is 5.37. The molecule has 0 saturated carbocycles. The van der Waals surface area contributed by atoms with Gasteiger partial charge in [-0.2, -0.15) is 0 Å². The Labute approximate surface area is 138 Å². The Kier molecular flexibility index (Phi) is 21.2. The Hall–Kier alpha value is 0.0200. The highest BCUT2D eigenvalue weighted by atomic mass is 79.9. The van der Waals surface area contributed by atoms with E-state index in [9.17, 15) is 9.59 Å². The number of halogens is 2. The van der Waals surface area contributed by atoms with Crippen molar-refractivity contribution in [3.05, 3.63) is 0 Å². The van der Waals surface area contributed by atoms with Crippen molar-refractivity contribution in [2.24, 2.45) is 11.5 Å². The third-order valence-electron chi connectivity index (χ3n) is 2.38. The van der Waals surface area contributed by atoms with Gasteiger partial charge in [-0.1, -0.05) is 38.3 Å². The van der Waals surface area contributed by atoms with Crippen molar-refractivity contribution >= 4 is 43.6 Å². The standard InChI is InChI=1S/C9H15Br2NO2.C4H12N2/c10-6-8(13)4-2-1-3-5-12-9(14)7-11;5-3-1-2-4-6/h1-7H2,(H,12,14);1-6H2. The quantitative estimate of drug-likeness (QED) is 0.352. The van der Waals surface area contributed by atoms with Gasteiger partial charge in [0, 0.05) is 13.0 Å². The first kappa shape index (κ1) is 22.3. The molecule has 20 heavy (non-hydrogen) atoms. The SMILES string of the molecule is NCCCCN.O=C(CBr)CCCCCNC(=O)CBr. The van der Waals surface area contributed by atoms with E-state index in [1.807, 2.05) is 0 Å². The van der Waals surface area contributed by atoms with Gasteiger partial charge in [-0.05, 0) is 38.8 Å². The third kappa shape index (κ3) is 20.3. The topological polar surface area (TPSA) is 98.2 Å². The van der Waals surface area contributed by atoms with E-state index in [1.54, 1.807) is 0 Å². The number of hydrogen-bond acceptors (Lipinski definition) is 4. The molecule has 0 fully saturated rings. The van der Waals surface area contributed by atoms with Crippen molar-refractivity contribution in [3.63, 3.8) is 0 Å². The average Bonchev–Trinajstić information content (AvgIpc) is 2.48. The molecule has 0 saturated heterocycles. The van der Waals surface area contributed by atoms with Crippen LogP contribution in [-0.2, 0) is 9.59 Å². The Morgan fingerprint density at radius 1 is 0.850 bits per heavy atom. The molecular formula is C13H27Br2N3O2. The molecule has 0 heterocycles. The number of nitrogens with one attached hydrogen (secondary N) is 1. The molecule has 120 valence electrons. The summed E-state index contributed by atoms with van der Waals surface area (Å²) in [6, 6.07) is 0. The zero-order valence-electron chi connectivity index (χ0n) is 12.0. The zero-order chi connectivity index (χ0) is 15.6. The minimum atomic E-state index is 0.0153. The number of carbonyl (C=O) groups is 2. The summed E-state index contributed by atoms with van der Waals surface area (Å²) in [6.07, 6.45) is 5.61. The Morgan fingerprint density at radius 2 is 1.45 bits per heavy atom. The number of nitrogens with two attached hydrogens (primary N) is 2. The fourth-order valence-electron chi connectivity index (χ4n) is 1.25. The van der Waals surface area contributed by atoms with Crippen molar-refractivity contribution in [2.45, 2.75) is 38.5 Å². The van der Waals surface area contributed by atoms with Gasteiger partial charge in [0.2, 0.25) is 5.91 Å². The number of amides is 1. The molecular weight excluding hydrogens is 390 g/mol. The van der Waals surface area contributed by atoms with Crippen molar-refractivity contribution < 1.29 is 9.59 Å². The van der Waals surface area contributed by atoms with Gasteiger partial charge in [0.25, 0.3) is 0 Å². The monoisotopic (exact) mass is 415 g/mol. The lowest BCUT2D eigenvalue weighted by atomic mass is 10.1. The second-order valence-electron chi connectivity index (χ2n) is 4.25. The third-order valence-corrected chi connectivity index (χ3v) is 3.52. The highest BCUT2D eigenvalue weighted by Gasteiger charge is 1.99. The molecule has 0 rings (SSSR count). The van der Waals surface area contributed by atoms with Crippen LogP contribution in [0.3, 0.4) is 0 Å². The van der Waals surface area contributed by atoms with Gasteiger partial charge >= 0.3 is 0 Å². The Morgan fingerprint density at radius 3 is 1.90 bits per heavy atom. The number of rotatable bonds is 11. The van der Waals surface area contributed by atoms with Gasteiger partial charge in [-0.3, -0.25) is 9.59 Å². The maximum atomic E-state index is 10.9. The number of alkyl halides is 2. The molecule has 5 nitrogen and oxygen atoms in total. The van der Waals surface area contributed by atoms with Crippen LogP contribution in [0.5, 0.6) is 0 Å². The lowest BCUT2D eigenvalue weighted by Crippen LogP contribution is -2.25. The number of ketones is 1. The molecule has 0 bridgehead atoms. The fraction of sp³-hybridized carbons (Fsp3) is 0.846. The Bertz CT molecular complexity index is 218. The minimum absolute atomic E-state index is 0.0153. The van der Waals surface area contributed by atoms with Crippen LogP contribution in [0.1, 0.15) is 38.5 Å². The van der Waals surface area contributed by atoms with E-state index in [0.29, 0.717) is 23.6 Å². The highest BCUT2D eigenvalue weighted by molar-refractivity contribution is 9.09. The number of unbranched alkanes of at least 4 members (excludes halogenated alkanes) is 3. The van der Waals surface area contributed by atoms with E-state index in [0.717, 1.165) is 45.2 Å². The molecule has 0 radical (unpaired) electrons. The minimum Gasteiger partial charge on any atom is -0.355 e. The first-order valence-corrected chi connectivity index (χ1v) is 9.17. The molecule has 7 heteroatoms. The van der Waals surface area contributed by atoms with Crippen LogP contribution >= 0.6 is 31.9 Å². The van der Waals surface area contributed by atoms with Gasteiger partial charge in [0.1, 0.15) is 5.78 Å². The van der Waals surface area contributed by atoms with Crippen LogP contribution in [0.4, 0.5) is 0 Å². The van der Waals surface area contributed by atoms with E-state index in [1.165, 1.54) is 0 Å². The number of hydrogen-bond donors (Lipinski definition) is 3. The van der Waals surface area contributed by atoms with Gasteiger partial charge in [-0.15, -0.1) is 0 Å². The lowest BCUT2D eigenvalue weighted by molar-refractivity contribution is -0.118. The second kappa shape index (κ2) is 19.0. The summed E-state index contributed by atoms with van der Waals surface area (Å²) < 4.78 is 0. The van der Waals surface area contributed by atoms with Crippen LogP contribution in [0, 0.1) is 0 Å². The largest absolute Gasteiger partial charge is 0.355 e. The lowest BCUT2D eigenvalue weighted by Gasteiger charge is -2.02. The molecule has 0 aliphatic heterocycles. The van der Waals surface area contributed by atoms with E-state index in [-0.39, 0.29) is 11.7 Å². The molecule has 0 unspecified atom stereocenters. The van der Waals surface area contributed by atoms with Crippen LogP contribution in [0.25, 0.3) is 0 Å². The maximum Gasteiger partial charge on any atom is 0.230 e. The maximum absolute atomic E-state index is 10.9. The first-order chi connectivity index (χ1) is 9.62. The van der Waals surface area contributed by atoms with E-state index in [4.69, 9.17) is 11.5 Å². The van der Waals surface area contributed by atoms with E-state index < -0.39 is 0 Å². The molecule has 0 aromatic carbocycles. The summed E-state index contributed by atoms with van der Waals surface area (Å²) >= 11 is 6.18. The van der Waals surface area contributed by atoms with E-state index in [2.05, 4.69) is 37.2 Å². The van der Waals surface area contributed by atoms with Crippen LogP contribution in [0.2, 0.25) is 0 Å². The van der Waals surface area contributed by atoms with E-state index >= 15 is 0 Å². The average molecular weight is 417 g/mol. The highest BCUT2D eigenvalue weighted by Crippen LogP contribution is 2.01. The van der Waals surface area contributed by atoms with Crippen molar-refractivity contribution in [3.8, 4) is 0 Å². The fourth-order valence-corrected chi connectivity index (χ4v) is 1.73. The Balaban J connectivity index is 0. The van der Waals surface area contributed by atoms with Gasteiger partial charge in [0.05, 0.1) is 10.7 Å². The normalized spacial score (nSPS) is 9.60. The molecule has 1 amide bonds. The summed E-state index contributed by atoms with van der Waals surface area (Å²) in [5.74, 6) is 0.260. The summed E-state index contributed by atoms with van der Waals surface area (Å²) in [5, 5.41) is 3.56. The summed E-state index contributed by atoms with van der Waals surface area (Å²) in [5.41, 5.74) is 10.3. The van der Waals surface area contributed by atoms with Crippen LogP contribution in [-0.4, -0.2) is 42.0 Å². The zero-order valence-corrected chi connectivity index (χ0v) is 15.2. The van der Waals surface area contributed by atoms with Gasteiger partial charge in [-0.25, -0.2) is 0 Å². The first-order valence-electron chi connectivity index (χ1n) is 6.92. The number of Topliss-reactive ketones (excluding diaryl/α,β-unsaturated/α-hetero) is 1. The predicted octanol–water partition coefficient (Wildman–Crippen LogP) is 1.71. The molecule has 0 spiro atoms. The molecule has 0 aliphatic rings. The summed E-state index contributed by atoms with van der Waals surface area (Å²) in [7, 11) is 0. The van der Waals surface area contributed by atoms with Crippen LogP contribution < -0.4 is 16.8 Å². The van der Waals surface area contributed by atoms with Crippen molar-refractivity contribution in [2.75, 3.05) is 30.3 Å². The van der Waals surface area contributed by atoms with Gasteiger partial charge < -0.3 is 16.8 Å². The van der Waals surface area contributed by atoms with Crippen molar-refractivity contribution in [1.29, 1.82) is 0 Å². The molecule has 0 atom stereocenters. The summed E-state index contributed by atoms with van der Waals surface area (Å²) in [4.78, 5) is 21.7. The van der Waals surface area contributed by atoms with Gasteiger partial charge in [0.15, 0.2) is 0 Å². The van der Waals surface area contributed by atoms with Crippen LogP contribution in [0.15, 0.2) is 0 Å². The molecule has 0 aliphatic carbocycles. The molecule has 0 aromatic heterocycles. The smallest absolute Gasteiger partial charge is 0.230 e. The molecule has 5 N–H and O–H groups in total.